The van der Waals surface area contributed by atoms with Gasteiger partial charge < -0.3 is 14.8 Å². The number of amides is 1. The van der Waals surface area contributed by atoms with Gasteiger partial charge in [-0.3, -0.25) is 9.78 Å². The van der Waals surface area contributed by atoms with Gasteiger partial charge in [0.2, 0.25) is 5.91 Å². The summed E-state index contributed by atoms with van der Waals surface area (Å²) in [5.41, 5.74) is 1.63. The Bertz CT molecular complexity index is 614. The van der Waals surface area contributed by atoms with Gasteiger partial charge >= 0.3 is 0 Å². The lowest BCUT2D eigenvalue weighted by Gasteiger charge is -2.18. The van der Waals surface area contributed by atoms with Crippen molar-refractivity contribution in [1.29, 1.82) is 0 Å². The average molecular weight is 270 g/mol. The van der Waals surface area contributed by atoms with Gasteiger partial charge in [-0.15, -0.1) is 0 Å². The van der Waals surface area contributed by atoms with E-state index < -0.39 is 0 Å². The van der Waals surface area contributed by atoms with Crippen LogP contribution in [0.4, 0.5) is 5.69 Å². The Labute approximate surface area is 116 Å². The number of aromatic nitrogens is 1. The molecule has 5 nitrogen and oxygen atoms in total. The van der Waals surface area contributed by atoms with E-state index in [0.29, 0.717) is 25.4 Å². The number of benzene rings is 1. The van der Waals surface area contributed by atoms with E-state index in [-0.39, 0.29) is 5.91 Å². The van der Waals surface area contributed by atoms with Crippen molar-refractivity contribution in [3.63, 3.8) is 0 Å². The SMILES string of the molecule is O=C(Cc1ccc2c(c1)OCCO2)Nc1ccncc1. The molecule has 2 aromatic rings. The minimum absolute atomic E-state index is 0.0760. The molecule has 1 aromatic carbocycles. The molecule has 1 N–H and O–H groups in total. The van der Waals surface area contributed by atoms with Crippen molar-refractivity contribution < 1.29 is 14.3 Å². The van der Waals surface area contributed by atoms with Gasteiger partial charge in [0.05, 0.1) is 6.42 Å². The molecular weight excluding hydrogens is 256 g/mol. The molecule has 0 saturated heterocycles. The summed E-state index contributed by atoms with van der Waals surface area (Å²) in [4.78, 5) is 15.8. The Morgan fingerprint density at radius 1 is 1.10 bits per heavy atom. The van der Waals surface area contributed by atoms with Crippen molar-refractivity contribution in [2.75, 3.05) is 18.5 Å². The van der Waals surface area contributed by atoms with E-state index >= 15 is 0 Å². The number of nitrogens with zero attached hydrogens (tertiary/aromatic N) is 1. The fourth-order valence-electron chi connectivity index (χ4n) is 2.02. The maximum Gasteiger partial charge on any atom is 0.228 e. The zero-order valence-corrected chi connectivity index (χ0v) is 10.8. The Morgan fingerprint density at radius 3 is 2.65 bits per heavy atom. The van der Waals surface area contributed by atoms with E-state index in [2.05, 4.69) is 10.3 Å². The van der Waals surface area contributed by atoms with Crippen LogP contribution in [0.2, 0.25) is 0 Å². The van der Waals surface area contributed by atoms with Crippen molar-refractivity contribution in [2.45, 2.75) is 6.42 Å². The molecule has 1 aliphatic heterocycles. The van der Waals surface area contributed by atoms with E-state index in [1.807, 2.05) is 18.2 Å². The number of carbonyl (C=O) groups excluding carboxylic acids is 1. The Kier molecular flexibility index (Phi) is 3.50. The molecule has 3 rings (SSSR count). The molecule has 0 aliphatic carbocycles. The number of fused-ring (bicyclic) bond motifs is 1. The molecule has 1 aromatic heterocycles. The second kappa shape index (κ2) is 5.61. The van der Waals surface area contributed by atoms with Crippen LogP contribution >= 0.6 is 0 Å². The molecule has 20 heavy (non-hydrogen) atoms. The number of hydrogen-bond acceptors (Lipinski definition) is 4. The zero-order valence-electron chi connectivity index (χ0n) is 10.8. The third-order valence-corrected chi connectivity index (χ3v) is 2.94. The first-order valence-electron chi connectivity index (χ1n) is 6.40. The largest absolute Gasteiger partial charge is 0.486 e. The molecule has 1 amide bonds. The maximum absolute atomic E-state index is 11.9. The second-order valence-corrected chi connectivity index (χ2v) is 4.44. The number of anilines is 1. The molecule has 0 radical (unpaired) electrons. The van der Waals surface area contributed by atoms with Gasteiger partial charge in [-0.1, -0.05) is 6.07 Å². The van der Waals surface area contributed by atoms with Crippen LogP contribution in [0.15, 0.2) is 42.7 Å². The molecule has 102 valence electrons. The summed E-state index contributed by atoms with van der Waals surface area (Å²) < 4.78 is 10.9. The summed E-state index contributed by atoms with van der Waals surface area (Å²) in [6.07, 6.45) is 3.57. The molecule has 0 fully saturated rings. The summed E-state index contributed by atoms with van der Waals surface area (Å²) >= 11 is 0. The summed E-state index contributed by atoms with van der Waals surface area (Å²) in [6.45, 7) is 1.11. The molecule has 2 heterocycles. The van der Waals surface area contributed by atoms with Crippen molar-refractivity contribution >= 4 is 11.6 Å². The van der Waals surface area contributed by atoms with Gasteiger partial charge in [0.1, 0.15) is 13.2 Å². The topological polar surface area (TPSA) is 60.5 Å². The number of nitrogens with one attached hydrogen (secondary N) is 1. The Hall–Kier alpha value is -2.56. The zero-order chi connectivity index (χ0) is 13.8. The van der Waals surface area contributed by atoms with Crippen LogP contribution in [-0.4, -0.2) is 24.1 Å². The minimum atomic E-state index is -0.0760. The maximum atomic E-state index is 11.9. The predicted molar refractivity (Wildman–Crippen MR) is 74.0 cm³/mol. The monoisotopic (exact) mass is 270 g/mol. The van der Waals surface area contributed by atoms with Crippen molar-refractivity contribution in [1.82, 2.24) is 4.98 Å². The first-order valence-corrected chi connectivity index (χ1v) is 6.40. The van der Waals surface area contributed by atoms with Gasteiger partial charge in [-0.2, -0.15) is 0 Å². The fourth-order valence-corrected chi connectivity index (χ4v) is 2.02. The van der Waals surface area contributed by atoms with Gasteiger partial charge in [0.15, 0.2) is 11.5 Å². The minimum Gasteiger partial charge on any atom is -0.486 e. The number of carbonyl (C=O) groups is 1. The molecule has 0 unspecified atom stereocenters. The van der Waals surface area contributed by atoms with E-state index in [1.165, 1.54) is 0 Å². The highest BCUT2D eigenvalue weighted by molar-refractivity contribution is 5.92. The van der Waals surface area contributed by atoms with Crippen LogP contribution in [0.3, 0.4) is 0 Å². The third kappa shape index (κ3) is 2.88. The fraction of sp³-hybridized carbons (Fsp3) is 0.200. The van der Waals surface area contributed by atoms with Crippen LogP contribution in [0.25, 0.3) is 0 Å². The van der Waals surface area contributed by atoms with Crippen molar-refractivity contribution in [3.8, 4) is 11.5 Å². The van der Waals surface area contributed by atoms with Gasteiger partial charge in [-0.05, 0) is 29.8 Å². The third-order valence-electron chi connectivity index (χ3n) is 2.94. The lowest BCUT2D eigenvalue weighted by atomic mass is 10.1. The normalized spacial score (nSPS) is 12.8. The summed E-state index contributed by atoms with van der Waals surface area (Å²) in [5, 5.41) is 2.82. The van der Waals surface area contributed by atoms with Crippen LogP contribution < -0.4 is 14.8 Å². The highest BCUT2D eigenvalue weighted by Gasteiger charge is 2.13. The van der Waals surface area contributed by atoms with Crippen molar-refractivity contribution in [2.24, 2.45) is 0 Å². The molecule has 0 spiro atoms. The van der Waals surface area contributed by atoms with E-state index in [9.17, 15) is 4.79 Å². The molecule has 0 saturated carbocycles. The van der Waals surface area contributed by atoms with E-state index in [1.54, 1.807) is 24.5 Å². The lowest BCUT2D eigenvalue weighted by Crippen LogP contribution is -2.17. The molecule has 1 aliphatic rings. The number of pyridine rings is 1. The summed E-state index contributed by atoms with van der Waals surface area (Å²) in [7, 11) is 0. The standard InChI is InChI=1S/C15H14N2O3/c18-15(17-12-3-5-16-6-4-12)10-11-1-2-13-14(9-11)20-8-7-19-13/h1-6,9H,7-8,10H2,(H,16,17,18). The quantitative estimate of drug-likeness (QED) is 0.927. The highest BCUT2D eigenvalue weighted by atomic mass is 16.6. The first kappa shape index (κ1) is 12.5. The van der Waals surface area contributed by atoms with Crippen LogP contribution in [0.5, 0.6) is 11.5 Å². The molecule has 0 bridgehead atoms. The number of hydrogen-bond donors (Lipinski definition) is 1. The molecule has 0 atom stereocenters. The predicted octanol–water partition coefficient (Wildman–Crippen LogP) is 2.03. The van der Waals surface area contributed by atoms with Gasteiger partial charge in [0.25, 0.3) is 0 Å². The first-order chi connectivity index (χ1) is 9.81. The van der Waals surface area contributed by atoms with Gasteiger partial charge in [-0.25, -0.2) is 0 Å². The Morgan fingerprint density at radius 2 is 1.85 bits per heavy atom. The smallest absolute Gasteiger partial charge is 0.228 e. The molecular formula is C15H14N2O3. The average Bonchev–Trinajstić information content (AvgIpc) is 2.48. The molecule has 5 heteroatoms. The highest BCUT2D eigenvalue weighted by Crippen LogP contribution is 2.30. The number of rotatable bonds is 3. The van der Waals surface area contributed by atoms with Crippen LogP contribution in [-0.2, 0) is 11.2 Å². The van der Waals surface area contributed by atoms with Crippen LogP contribution in [0.1, 0.15) is 5.56 Å². The van der Waals surface area contributed by atoms with Crippen LogP contribution in [0, 0.1) is 0 Å². The summed E-state index contributed by atoms with van der Waals surface area (Å²) in [6, 6.07) is 9.06. The number of ether oxygens (including phenoxy) is 2. The lowest BCUT2D eigenvalue weighted by molar-refractivity contribution is -0.115. The van der Waals surface area contributed by atoms with Crippen molar-refractivity contribution in [3.05, 3.63) is 48.3 Å². The Balaban J connectivity index is 1.67. The van der Waals surface area contributed by atoms with E-state index in [4.69, 9.17) is 9.47 Å². The van der Waals surface area contributed by atoms with E-state index in [0.717, 1.165) is 17.0 Å². The van der Waals surface area contributed by atoms with Gasteiger partial charge in [0, 0.05) is 18.1 Å². The summed E-state index contributed by atoms with van der Waals surface area (Å²) in [5.74, 6) is 1.35. The second-order valence-electron chi connectivity index (χ2n) is 4.44.